The molecule has 1 aromatic carbocycles. The number of aliphatic hydroxyl groups is 1. The van der Waals surface area contributed by atoms with Crippen LogP contribution >= 0.6 is 0 Å². The Balaban J connectivity index is 1.96. The van der Waals surface area contributed by atoms with Gasteiger partial charge in [0.05, 0.1) is 23.7 Å². The average molecular weight is 261 g/mol. The Kier molecular flexibility index (Phi) is 4.93. The number of para-hydroxylation sites is 2. The lowest BCUT2D eigenvalue weighted by atomic mass is 10.2. The SMILES string of the molecule is CCn1c(CNCCCC(C)O)nc2ccccc21. The maximum absolute atomic E-state index is 9.20. The molecular formula is C15H23N3O. The topological polar surface area (TPSA) is 50.1 Å². The van der Waals surface area contributed by atoms with Crippen molar-refractivity contribution in [3.63, 3.8) is 0 Å². The number of hydrogen-bond acceptors (Lipinski definition) is 3. The van der Waals surface area contributed by atoms with Gasteiger partial charge in [-0.3, -0.25) is 0 Å². The molecule has 0 radical (unpaired) electrons. The molecule has 0 bridgehead atoms. The minimum absolute atomic E-state index is 0.206. The van der Waals surface area contributed by atoms with Gasteiger partial charge in [-0.15, -0.1) is 0 Å². The monoisotopic (exact) mass is 261 g/mol. The highest BCUT2D eigenvalue weighted by atomic mass is 16.3. The highest BCUT2D eigenvalue weighted by Crippen LogP contribution is 2.15. The zero-order chi connectivity index (χ0) is 13.7. The third kappa shape index (κ3) is 3.55. The van der Waals surface area contributed by atoms with E-state index in [0.29, 0.717) is 0 Å². The van der Waals surface area contributed by atoms with Crippen LogP contribution in [-0.2, 0) is 13.1 Å². The molecule has 0 aliphatic heterocycles. The van der Waals surface area contributed by atoms with Gasteiger partial charge in [0.1, 0.15) is 5.82 Å². The fourth-order valence-corrected chi connectivity index (χ4v) is 2.34. The fourth-order valence-electron chi connectivity index (χ4n) is 2.34. The second kappa shape index (κ2) is 6.68. The summed E-state index contributed by atoms with van der Waals surface area (Å²) >= 11 is 0. The predicted molar refractivity (Wildman–Crippen MR) is 78.0 cm³/mol. The van der Waals surface area contributed by atoms with Crippen LogP contribution in [0.2, 0.25) is 0 Å². The van der Waals surface area contributed by atoms with Crippen molar-refractivity contribution in [2.75, 3.05) is 6.54 Å². The minimum Gasteiger partial charge on any atom is -0.393 e. The Bertz CT molecular complexity index is 519. The molecule has 2 N–H and O–H groups in total. The summed E-state index contributed by atoms with van der Waals surface area (Å²) in [6, 6.07) is 8.24. The smallest absolute Gasteiger partial charge is 0.123 e. The van der Waals surface area contributed by atoms with Gasteiger partial charge in [-0.1, -0.05) is 12.1 Å². The van der Waals surface area contributed by atoms with E-state index in [4.69, 9.17) is 0 Å². The van der Waals surface area contributed by atoms with E-state index >= 15 is 0 Å². The van der Waals surface area contributed by atoms with Gasteiger partial charge in [-0.2, -0.15) is 0 Å². The number of nitrogens with one attached hydrogen (secondary N) is 1. The van der Waals surface area contributed by atoms with Gasteiger partial charge in [0.2, 0.25) is 0 Å². The number of aromatic nitrogens is 2. The number of rotatable bonds is 7. The van der Waals surface area contributed by atoms with Crippen LogP contribution in [0.3, 0.4) is 0 Å². The summed E-state index contributed by atoms with van der Waals surface area (Å²) in [7, 11) is 0. The lowest BCUT2D eigenvalue weighted by molar-refractivity contribution is 0.181. The average Bonchev–Trinajstić information content (AvgIpc) is 2.75. The fraction of sp³-hybridized carbons (Fsp3) is 0.533. The van der Waals surface area contributed by atoms with Gasteiger partial charge in [0.25, 0.3) is 0 Å². The molecule has 19 heavy (non-hydrogen) atoms. The van der Waals surface area contributed by atoms with E-state index in [1.54, 1.807) is 0 Å². The second-order valence-electron chi connectivity index (χ2n) is 4.93. The number of fused-ring (bicyclic) bond motifs is 1. The molecule has 0 amide bonds. The van der Waals surface area contributed by atoms with E-state index in [2.05, 4.69) is 40.0 Å². The number of hydrogen-bond donors (Lipinski definition) is 2. The van der Waals surface area contributed by atoms with E-state index < -0.39 is 0 Å². The van der Waals surface area contributed by atoms with Crippen LogP contribution in [0.15, 0.2) is 24.3 Å². The third-order valence-electron chi connectivity index (χ3n) is 3.31. The highest BCUT2D eigenvalue weighted by Gasteiger charge is 2.08. The lowest BCUT2D eigenvalue weighted by Crippen LogP contribution is -2.19. The van der Waals surface area contributed by atoms with Crippen LogP contribution in [0.25, 0.3) is 11.0 Å². The van der Waals surface area contributed by atoms with E-state index in [0.717, 1.165) is 43.8 Å². The number of nitrogens with zero attached hydrogens (tertiary/aromatic N) is 2. The first-order valence-corrected chi connectivity index (χ1v) is 7.05. The largest absolute Gasteiger partial charge is 0.393 e. The molecule has 0 saturated carbocycles. The summed E-state index contributed by atoms with van der Waals surface area (Å²) in [6.45, 7) is 6.60. The summed E-state index contributed by atoms with van der Waals surface area (Å²) in [5.41, 5.74) is 2.26. The van der Waals surface area contributed by atoms with Crippen LogP contribution in [-0.4, -0.2) is 27.3 Å². The first-order valence-electron chi connectivity index (χ1n) is 7.05. The van der Waals surface area contributed by atoms with Gasteiger partial charge in [0, 0.05) is 6.54 Å². The predicted octanol–water partition coefficient (Wildman–Crippen LogP) is 2.31. The molecule has 4 nitrogen and oxygen atoms in total. The van der Waals surface area contributed by atoms with Crippen LogP contribution in [0.4, 0.5) is 0 Å². The van der Waals surface area contributed by atoms with Gasteiger partial charge >= 0.3 is 0 Å². The van der Waals surface area contributed by atoms with E-state index in [-0.39, 0.29) is 6.10 Å². The highest BCUT2D eigenvalue weighted by molar-refractivity contribution is 5.75. The third-order valence-corrected chi connectivity index (χ3v) is 3.31. The molecule has 1 atom stereocenters. The van der Waals surface area contributed by atoms with Gasteiger partial charge in [-0.05, 0) is 45.4 Å². The second-order valence-corrected chi connectivity index (χ2v) is 4.93. The van der Waals surface area contributed by atoms with Crippen LogP contribution in [0.1, 0.15) is 32.5 Å². The molecule has 2 aromatic rings. The van der Waals surface area contributed by atoms with Crippen molar-refractivity contribution in [2.45, 2.75) is 45.9 Å². The first-order chi connectivity index (χ1) is 9.22. The van der Waals surface area contributed by atoms with E-state index in [9.17, 15) is 5.11 Å². The van der Waals surface area contributed by atoms with Gasteiger partial charge in [-0.25, -0.2) is 4.98 Å². The van der Waals surface area contributed by atoms with E-state index in [1.807, 2.05) is 13.0 Å². The molecule has 0 aliphatic rings. The van der Waals surface area contributed by atoms with Crippen molar-refractivity contribution < 1.29 is 5.11 Å². The molecule has 4 heteroatoms. The van der Waals surface area contributed by atoms with E-state index in [1.165, 1.54) is 5.52 Å². The van der Waals surface area contributed by atoms with Crippen LogP contribution in [0, 0.1) is 0 Å². The van der Waals surface area contributed by atoms with Crippen molar-refractivity contribution in [3.05, 3.63) is 30.1 Å². The molecule has 0 spiro atoms. The quantitative estimate of drug-likeness (QED) is 0.752. The summed E-state index contributed by atoms with van der Waals surface area (Å²) < 4.78 is 2.25. The number of aliphatic hydroxyl groups excluding tert-OH is 1. The first kappa shape index (κ1) is 14.0. The molecule has 1 unspecified atom stereocenters. The number of aryl methyl sites for hydroxylation is 1. The van der Waals surface area contributed by atoms with Gasteiger partial charge in [0.15, 0.2) is 0 Å². The zero-order valence-corrected chi connectivity index (χ0v) is 11.8. The van der Waals surface area contributed by atoms with Crippen molar-refractivity contribution in [3.8, 4) is 0 Å². The molecule has 1 heterocycles. The normalized spacial score (nSPS) is 13.0. The summed E-state index contributed by atoms with van der Waals surface area (Å²) in [5.74, 6) is 1.08. The standard InChI is InChI=1S/C15H23N3O/c1-3-18-14-9-5-4-8-13(14)17-15(18)11-16-10-6-7-12(2)19/h4-5,8-9,12,16,19H,3,6-7,10-11H2,1-2H3. The number of imidazole rings is 1. The summed E-state index contributed by atoms with van der Waals surface area (Å²) in [4.78, 5) is 4.67. The molecular weight excluding hydrogens is 238 g/mol. The molecule has 2 rings (SSSR count). The maximum Gasteiger partial charge on any atom is 0.123 e. The van der Waals surface area contributed by atoms with Crippen molar-refractivity contribution in [1.29, 1.82) is 0 Å². The Hall–Kier alpha value is -1.39. The minimum atomic E-state index is -0.206. The van der Waals surface area contributed by atoms with Crippen LogP contribution < -0.4 is 5.32 Å². The number of benzene rings is 1. The molecule has 0 aliphatic carbocycles. The Morgan fingerprint density at radius 2 is 2.16 bits per heavy atom. The van der Waals surface area contributed by atoms with Crippen molar-refractivity contribution in [1.82, 2.24) is 14.9 Å². The Labute approximate surface area is 114 Å². The van der Waals surface area contributed by atoms with Crippen molar-refractivity contribution in [2.24, 2.45) is 0 Å². The summed E-state index contributed by atoms with van der Waals surface area (Å²) in [6.07, 6.45) is 1.63. The molecule has 0 fully saturated rings. The summed E-state index contributed by atoms with van der Waals surface area (Å²) in [5, 5.41) is 12.6. The van der Waals surface area contributed by atoms with Crippen molar-refractivity contribution >= 4 is 11.0 Å². The molecule has 1 aromatic heterocycles. The van der Waals surface area contributed by atoms with Crippen LogP contribution in [0.5, 0.6) is 0 Å². The Morgan fingerprint density at radius 1 is 1.37 bits per heavy atom. The zero-order valence-electron chi connectivity index (χ0n) is 11.8. The van der Waals surface area contributed by atoms with Gasteiger partial charge < -0.3 is 15.0 Å². The Morgan fingerprint density at radius 3 is 2.89 bits per heavy atom. The maximum atomic E-state index is 9.20. The molecule has 104 valence electrons. The molecule has 0 saturated heterocycles. The lowest BCUT2D eigenvalue weighted by Gasteiger charge is -2.08.